The Hall–Kier alpha value is -0.950. The Bertz CT molecular complexity index is 540. The quantitative estimate of drug-likeness (QED) is 0.763. The molecule has 1 saturated heterocycles. The molecule has 2 rings (SSSR count). The Labute approximate surface area is 127 Å². The summed E-state index contributed by atoms with van der Waals surface area (Å²) >= 11 is 0. The minimum absolute atomic E-state index is 0.181. The van der Waals surface area contributed by atoms with E-state index in [9.17, 15) is 8.42 Å². The number of piperazine rings is 1. The Morgan fingerprint density at radius 3 is 2.76 bits per heavy atom. The fourth-order valence-electron chi connectivity index (χ4n) is 2.47. The second-order valence-corrected chi connectivity index (χ2v) is 7.47. The van der Waals surface area contributed by atoms with Gasteiger partial charge in [-0.3, -0.25) is 4.90 Å². The van der Waals surface area contributed by atoms with Crippen LogP contribution in [0.25, 0.3) is 0 Å². The summed E-state index contributed by atoms with van der Waals surface area (Å²) in [5, 5.41) is 3.26. The van der Waals surface area contributed by atoms with E-state index >= 15 is 0 Å². The van der Waals surface area contributed by atoms with Gasteiger partial charge in [0.15, 0.2) is 0 Å². The predicted molar refractivity (Wildman–Crippen MR) is 86.0 cm³/mol. The van der Waals surface area contributed by atoms with Crippen LogP contribution in [0.1, 0.15) is 11.1 Å². The highest BCUT2D eigenvalue weighted by Crippen LogP contribution is 2.04. The molecule has 0 saturated carbocycles. The van der Waals surface area contributed by atoms with Crippen molar-refractivity contribution in [2.24, 2.45) is 0 Å². The van der Waals surface area contributed by atoms with Crippen molar-refractivity contribution in [3.8, 4) is 0 Å². The average molecular weight is 311 g/mol. The summed E-state index contributed by atoms with van der Waals surface area (Å²) in [7, 11) is -3.17. The summed E-state index contributed by atoms with van der Waals surface area (Å²) in [5.41, 5.74) is 2.37. The van der Waals surface area contributed by atoms with E-state index < -0.39 is 10.0 Å². The summed E-state index contributed by atoms with van der Waals surface area (Å²) in [4.78, 5) is 2.19. The normalized spacial score (nSPS) is 17.0. The van der Waals surface area contributed by atoms with E-state index in [1.165, 1.54) is 11.1 Å². The highest BCUT2D eigenvalue weighted by atomic mass is 32.2. The number of nitrogens with zero attached hydrogens (tertiary/aromatic N) is 1. The van der Waals surface area contributed by atoms with Gasteiger partial charge >= 0.3 is 0 Å². The lowest BCUT2D eigenvalue weighted by atomic mass is 10.1. The van der Waals surface area contributed by atoms with E-state index in [2.05, 4.69) is 21.0 Å². The van der Waals surface area contributed by atoms with Crippen molar-refractivity contribution < 1.29 is 8.42 Å². The van der Waals surface area contributed by atoms with Crippen LogP contribution in [0.3, 0.4) is 0 Å². The maximum absolute atomic E-state index is 12.0. The molecule has 0 spiro atoms. The van der Waals surface area contributed by atoms with Crippen LogP contribution in [0.15, 0.2) is 24.3 Å². The molecule has 1 fully saturated rings. The largest absolute Gasteiger partial charge is 0.314 e. The molecule has 0 aromatic heterocycles. The molecule has 6 heteroatoms. The molecular formula is C15H25N3O2S. The molecule has 0 unspecified atom stereocenters. The van der Waals surface area contributed by atoms with Crippen molar-refractivity contribution in [3.05, 3.63) is 35.4 Å². The molecule has 1 aliphatic rings. The number of rotatable bonds is 7. The summed E-state index contributed by atoms with van der Waals surface area (Å²) in [5.74, 6) is 0.181. The van der Waals surface area contributed by atoms with E-state index in [0.717, 1.165) is 32.6 Å². The third kappa shape index (κ3) is 6.13. The average Bonchev–Trinajstić information content (AvgIpc) is 2.46. The SMILES string of the molecule is Cc1cccc(CCNS(=O)(=O)CCN2CCNCC2)c1. The van der Waals surface area contributed by atoms with Crippen LogP contribution < -0.4 is 10.0 Å². The molecule has 0 amide bonds. The Morgan fingerprint density at radius 2 is 2.05 bits per heavy atom. The van der Waals surface area contributed by atoms with E-state index in [0.29, 0.717) is 13.1 Å². The van der Waals surface area contributed by atoms with Gasteiger partial charge in [-0.25, -0.2) is 13.1 Å². The van der Waals surface area contributed by atoms with Gasteiger partial charge in [-0.2, -0.15) is 0 Å². The summed E-state index contributed by atoms with van der Waals surface area (Å²) < 4.78 is 26.7. The summed E-state index contributed by atoms with van der Waals surface area (Å²) in [6.45, 7) is 6.87. The highest BCUT2D eigenvalue weighted by molar-refractivity contribution is 7.89. The van der Waals surface area contributed by atoms with Gasteiger partial charge in [-0.05, 0) is 18.9 Å². The van der Waals surface area contributed by atoms with E-state index in [-0.39, 0.29) is 5.75 Å². The number of hydrogen-bond donors (Lipinski definition) is 2. The van der Waals surface area contributed by atoms with Crippen molar-refractivity contribution in [3.63, 3.8) is 0 Å². The zero-order chi connectivity index (χ0) is 15.1. The van der Waals surface area contributed by atoms with Crippen molar-refractivity contribution in [1.82, 2.24) is 14.9 Å². The van der Waals surface area contributed by atoms with Gasteiger partial charge in [-0.1, -0.05) is 29.8 Å². The van der Waals surface area contributed by atoms with E-state index in [1.807, 2.05) is 25.1 Å². The second-order valence-electron chi connectivity index (χ2n) is 5.54. The third-order valence-electron chi connectivity index (χ3n) is 3.70. The lowest BCUT2D eigenvalue weighted by Gasteiger charge is -2.26. The fourth-order valence-corrected chi connectivity index (χ4v) is 3.53. The maximum Gasteiger partial charge on any atom is 0.212 e. The lowest BCUT2D eigenvalue weighted by molar-refractivity contribution is 0.253. The van der Waals surface area contributed by atoms with Crippen LogP contribution in [-0.4, -0.2) is 58.3 Å². The van der Waals surface area contributed by atoms with Crippen LogP contribution >= 0.6 is 0 Å². The van der Waals surface area contributed by atoms with Gasteiger partial charge < -0.3 is 5.32 Å². The van der Waals surface area contributed by atoms with Gasteiger partial charge in [0.2, 0.25) is 10.0 Å². The first-order valence-corrected chi connectivity index (χ1v) is 9.16. The van der Waals surface area contributed by atoms with Crippen LogP contribution in [-0.2, 0) is 16.4 Å². The molecule has 0 atom stereocenters. The minimum Gasteiger partial charge on any atom is -0.314 e. The fraction of sp³-hybridized carbons (Fsp3) is 0.600. The zero-order valence-corrected chi connectivity index (χ0v) is 13.5. The van der Waals surface area contributed by atoms with Crippen molar-refractivity contribution in [2.45, 2.75) is 13.3 Å². The molecule has 1 aromatic rings. The highest BCUT2D eigenvalue weighted by Gasteiger charge is 2.14. The second kappa shape index (κ2) is 7.89. The van der Waals surface area contributed by atoms with Gasteiger partial charge in [-0.15, -0.1) is 0 Å². The summed E-state index contributed by atoms with van der Waals surface area (Å²) in [6.07, 6.45) is 0.731. The number of sulfonamides is 1. The van der Waals surface area contributed by atoms with Crippen LogP contribution in [0, 0.1) is 6.92 Å². The first kappa shape index (κ1) is 16.4. The van der Waals surface area contributed by atoms with Crippen LogP contribution in [0.4, 0.5) is 0 Å². The summed E-state index contributed by atoms with van der Waals surface area (Å²) in [6, 6.07) is 8.17. The van der Waals surface area contributed by atoms with E-state index in [1.54, 1.807) is 0 Å². The number of nitrogens with one attached hydrogen (secondary N) is 2. The van der Waals surface area contributed by atoms with E-state index in [4.69, 9.17) is 0 Å². The lowest BCUT2D eigenvalue weighted by Crippen LogP contribution is -2.46. The number of hydrogen-bond acceptors (Lipinski definition) is 4. The van der Waals surface area contributed by atoms with Gasteiger partial charge in [0.1, 0.15) is 0 Å². The van der Waals surface area contributed by atoms with Crippen molar-refractivity contribution in [1.29, 1.82) is 0 Å². The smallest absolute Gasteiger partial charge is 0.212 e. The molecular weight excluding hydrogens is 286 g/mol. The zero-order valence-electron chi connectivity index (χ0n) is 12.6. The Morgan fingerprint density at radius 1 is 1.29 bits per heavy atom. The van der Waals surface area contributed by atoms with Crippen LogP contribution in [0.2, 0.25) is 0 Å². The third-order valence-corrected chi connectivity index (χ3v) is 5.07. The number of aryl methyl sites for hydroxylation is 1. The van der Waals surface area contributed by atoms with Gasteiger partial charge in [0.05, 0.1) is 5.75 Å². The molecule has 21 heavy (non-hydrogen) atoms. The molecule has 2 N–H and O–H groups in total. The predicted octanol–water partition coefficient (Wildman–Crippen LogP) is 0.362. The van der Waals surface area contributed by atoms with Gasteiger partial charge in [0, 0.05) is 39.3 Å². The molecule has 5 nitrogen and oxygen atoms in total. The Kier molecular flexibility index (Phi) is 6.17. The topological polar surface area (TPSA) is 61.4 Å². The standard InChI is InChI=1S/C15H25N3O2S/c1-14-3-2-4-15(13-14)5-6-17-21(19,20)12-11-18-9-7-16-8-10-18/h2-4,13,16-17H,5-12H2,1H3. The van der Waals surface area contributed by atoms with Crippen LogP contribution in [0.5, 0.6) is 0 Å². The molecule has 0 aliphatic carbocycles. The minimum atomic E-state index is -3.17. The first-order valence-electron chi connectivity index (χ1n) is 7.51. The number of benzene rings is 1. The molecule has 0 bridgehead atoms. The molecule has 1 aliphatic heterocycles. The van der Waals surface area contributed by atoms with Crippen molar-refractivity contribution in [2.75, 3.05) is 45.0 Å². The van der Waals surface area contributed by atoms with Gasteiger partial charge in [0.25, 0.3) is 0 Å². The Balaban J connectivity index is 1.70. The first-order chi connectivity index (χ1) is 10.1. The molecule has 1 heterocycles. The molecule has 118 valence electrons. The maximum atomic E-state index is 12.0. The monoisotopic (exact) mass is 311 g/mol. The molecule has 1 aromatic carbocycles. The molecule has 0 radical (unpaired) electrons. The van der Waals surface area contributed by atoms with Crippen molar-refractivity contribution >= 4 is 10.0 Å².